The van der Waals surface area contributed by atoms with Gasteiger partial charge in [-0.05, 0) is 19.8 Å². The zero-order valence-electron chi connectivity index (χ0n) is 7.16. The standard InChI is InChI=1S/C7H10ClNO3S/c1-7-4-2-3-5(7)6(10)9(7)13(8,11)12/h5H,2-4H2,1H3. The molecule has 74 valence electrons. The van der Waals surface area contributed by atoms with Gasteiger partial charge in [-0.1, -0.05) is 6.42 Å². The maximum Gasteiger partial charge on any atom is 0.324 e. The summed E-state index contributed by atoms with van der Waals surface area (Å²) in [6, 6.07) is 0. The van der Waals surface area contributed by atoms with Gasteiger partial charge in [-0.15, -0.1) is 0 Å². The van der Waals surface area contributed by atoms with Gasteiger partial charge in [-0.3, -0.25) is 4.79 Å². The molecule has 0 bridgehead atoms. The number of rotatable bonds is 1. The number of hydrogen-bond donors (Lipinski definition) is 0. The highest BCUT2D eigenvalue weighted by molar-refractivity contribution is 8.12. The summed E-state index contributed by atoms with van der Waals surface area (Å²) in [4.78, 5) is 11.4. The third-order valence-corrected chi connectivity index (χ3v) is 4.55. The van der Waals surface area contributed by atoms with Crippen molar-refractivity contribution in [2.45, 2.75) is 31.7 Å². The Labute approximate surface area is 81.4 Å². The largest absolute Gasteiger partial charge is 0.324 e. The molecule has 0 spiro atoms. The molecule has 1 aliphatic heterocycles. The van der Waals surface area contributed by atoms with E-state index >= 15 is 0 Å². The van der Waals surface area contributed by atoms with Crippen LogP contribution in [0.4, 0.5) is 0 Å². The Hall–Kier alpha value is -0.290. The minimum Gasteiger partial charge on any atom is -0.273 e. The van der Waals surface area contributed by atoms with Gasteiger partial charge in [-0.25, -0.2) is 4.31 Å². The molecule has 0 aromatic rings. The van der Waals surface area contributed by atoms with Gasteiger partial charge >= 0.3 is 9.24 Å². The Kier molecular flexibility index (Phi) is 1.70. The molecule has 0 radical (unpaired) electrons. The van der Waals surface area contributed by atoms with Crippen molar-refractivity contribution in [1.82, 2.24) is 4.31 Å². The zero-order valence-corrected chi connectivity index (χ0v) is 8.73. The van der Waals surface area contributed by atoms with E-state index in [1.54, 1.807) is 6.92 Å². The second-order valence-electron chi connectivity index (χ2n) is 3.85. The lowest BCUT2D eigenvalue weighted by Crippen LogP contribution is -2.67. The van der Waals surface area contributed by atoms with Crippen molar-refractivity contribution in [2.24, 2.45) is 5.92 Å². The minimum atomic E-state index is -3.87. The molecule has 1 heterocycles. The molecule has 2 unspecified atom stereocenters. The van der Waals surface area contributed by atoms with Crippen LogP contribution in [0.1, 0.15) is 26.2 Å². The molecule has 0 N–H and O–H groups in total. The molecule has 1 aliphatic carbocycles. The number of halogens is 1. The van der Waals surface area contributed by atoms with Crippen molar-refractivity contribution in [3.05, 3.63) is 0 Å². The van der Waals surface area contributed by atoms with E-state index in [0.29, 0.717) is 0 Å². The maximum absolute atomic E-state index is 11.4. The van der Waals surface area contributed by atoms with Crippen LogP contribution < -0.4 is 0 Å². The zero-order chi connectivity index (χ0) is 9.85. The SMILES string of the molecule is CC12CCCC1C(=O)N2S(=O)(=O)Cl. The molecule has 0 aromatic carbocycles. The minimum absolute atomic E-state index is 0.124. The van der Waals surface area contributed by atoms with Gasteiger partial charge < -0.3 is 0 Å². The lowest BCUT2D eigenvalue weighted by Gasteiger charge is -2.49. The second-order valence-corrected chi connectivity index (χ2v) is 6.21. The lowest BCUT2D eigenvalue weighted by molar-refractivity contribution is -0.152. The third kappa shape index (κ3) is 1.03. The molecule has 4 nitrogen and oxygen atoms in total. The van der Waals surface area contributed by atoms with Crippen LogP contribution in [0.3, 0.4) is 0 Å². The highest BCUT2D eigenvalue weighted by Crippen LogP contribution is 2.51. The first kappa shape index (κ1) is 9.27. The van der Waals surface area contributed by atoms with Crippen LogP contribution in [0, 0.1) is 5.92 Å². The summed E-state index contributed by atoms with van der Waals surface area (Å²) in [6.45, 7) is 1.78. The van der Waals surface area contributed by atoms with Gasteiger partial charge in [0.25, 0.3) is 0 Å². The van der Waals surface area contributed by atoms with Gasteiger partial charge in [0, 0.05) is 10.7 Å². The van der Waals surface area contributed by atoms with Crippen LogP contribution in [0.15, 0.2) is 0 Å². The number of carbonyl (C=O) groups is 1. The molecular formula is C7H10ClNO3S. The fourth-order valence-electron chi connectivity index (χ4n) is 2.47. The number of β-lactam (4-membered cyclic amide) rings is 1. The molecule has 2 fully saturated rings. The van der Waals surface area contributed by atoms with Crippen LogP contribution in [-0.2, 0) is 14.0 Å². The van der Waals surface area contributed by atoms with Crippen LogP contribution in [0.5, 0.6) is 0 Å². The summed E-state index contributed by atoms with van der Waals surface area (Å²) in [7, 11) is 1.29. The van der Waals surface area contributed by atoms with Crippen molar-refractivity contribution in [3.63, 3.8) is 0 Å². The van der Waals surface area contributed by atoms with Crippen LogP contribution in [0.25, 0.3) is 0 Å². The molecular weight excluding hydrogens is 214 g/mol. The fraction of sp³-hybridized carbons (Fsp3) is 0.857. The molecule has 6 heteroatoms. The number of fused-ring (bicyclic) bond motifs is 1. The van der Waals surface area contributed by atoms with Crippen molar-refractivity contribution in [1.29, 1.82) is 0 Å². The highest BCUT2D eigenvalue weighted by Gasteiger charge is 2.63. The van der Waals surface area contributed by atoms with Crippen molar-refractivity contribution < 1.29 is 13.2 Å². The number of hydrogen-bond acceptors (Lipinski definition) is 3. The topological polar surface area (TPSA) is 54.5 Å². The number of carbonyl (C=O) groups excluding carboxylic acids is 1. The summed E-state index contributed by atoms with van der Waals surface area (Å²) in [5, 5.41) is 0. The van der Waals surface area contributed by atoms with Crippen molar-refractivity contribution in [3.8, 4) is 0 Å². The lowest BCUT2D eigenvalue weighted by atomic mass is 9.80. The summed E-state index contributed by atoms with van der Waals surface area (Å²) in [5.74, 6) is -0.462. The van der Waals surface area contributed by atoms with Crippen LogP contribution in [-0.4, -0.2) is 24.2 Å². The normalized spacial score (nSPS) is 38.8. The summed E-state index contributed by atoms with van der Waals surface area (Å²) in [6.07, 6.45) is 2.42. The molecule has 2 atom stereocenters. The van der Waals surface area contributed by atoms with Crippen LogP contribution in [0.2, 0.25) is 0 Å². The summed E-state index contributed by atoms with van der Waals surface area (Å²) >= 11 is 0. The fourth-order valence-corrected chi connectivity index (χ4v) is 4.20. The monoisotopic (exact) mass is 223 g/mol. The van der Waals surface area contributed by atoms with Crippen molar-refractivity contribution in [2.75, 3.05) is 0 Å². The van der Waals surface area contributed by atoms with E-state index in [0.717, 1.165) is 23.6 Å². The Bertz CT molecular complexity index is 366. The first-order valence-electron chi connectivity index (χ1n) is 4.16. The average molecular weight is 224 g/mol. The van der Waals surface area contributed by atoms with E-state index in [4.69, 9.17) is 10.7 Å². The van der Waals surface area contributed by atoms with Gasteiger partial charge in [0.05, 0.1) is 11.5 Å². The van der Waals surface area contributed by atoms with E-state index in [-0.39, 0.29) is 11.8 Å². The van der Waals surface area contributed by atoms with E-state index in [1.807, 2.05) is 0 Å². The second kappa shape index (κ2) is 2.39. The van der Waals surface area contributed by atoms with E-state index < -0.39 is 14.8 Å². The average Bonchev–Trinajstić information content (AvgIpc) is 2.23. The predicted molar refractivity (Wildman–Crippen MR) is 47.4 cm³/mol. The molecule has 0 aromatic heterocycles. The predicted octanol–water partition coefficient (Wildman–Crippen LogP) is 0.871. The first-order chi connectivity index (χ1) is 5.87. The third-order valence-electron chi connectivity index (χ3n) is 3.11. The number of nitrogens with zero attached hydrogens (tertiary/aromatic N) is 1. The van der Waals surface area contributed by atoms with E-state index in [1.165, 1.54) is 0 Å². The Morgan fingerprint density at radius 2 is 2.23 bits per heavy atom. The molecule has 1 saturated heterocycles. The van der Waals surface area contributed by atoms with Crippen molar-refractivity contribution >= 4 is 25.8 Å². The summed E-state index contributed by atoms with van der Waals surface area (Å²) in [5.41, 5.74) is -0.530. The van der Waals surface area contributed by atoms with Gasteiger partial charge in [0.15, 0.2) is 0 Å². The van der Waals surface area contributed by atoms with E-state index in [9.17, 15) is 13.2 Å². The van der Waals surface area contributed by atoms with E-state index in [2.05, 4.69) is 0 Å². The Morgan fingerprint density at radius 1 is 1.62 bits per heavy atom. The van der Waals surface area contributed by atoms with Gasteiger partial charge in [0.1, 0.15) is 0 Å². The smallest absolute Gasteiger partial charge is 0.273 e. The first-order valence-corrected chi connectivity index (χ1v) is 6.43. The molecule has 2 aliphatic rings. The molecule has 1 amide bonds. The molecule has 1 saturated carbocycles. The molecule has 2 rings (SSSR count). The van der Waals surface area contributed by atoms with Gasteiger partial charge in [0.2, 0.25) is 5.91 Å². The Balaban J connectivity index is 2.39. The maximum atomic E-state index is 11.4. The van der Waals surface area contributed by atoms with Gasteiger partial charge in [-0.2, -0.15) is 8.42 Å². The highest BCUT2D eigenvalue weighted by atomic mass is 35.7. The quantitative estimate of drug-likeness (QED) is 0.490. The number of amides is 1. The molecule has 13 heavy (non-hydrogen) atoms. The Morgan fingerprint density at radius 3 is 2.77 bits per heavy atom. The summed E-state index contributed by atoms with van der Waals surface area (Å²) < 4.78 is 22.9. The van der Waals surface area contributed by atoms with Crippen LogP contribution >= 0.6 is 10.7 Å².